The number of nitrogens with two attached hydrogens (primary N) is 1. The van der Waals surface area contributed by atoms with Gasteiger partial charge in [-0.2, -0.15) is 0 Å². The molecule has 0 saturated heterocycles. The monoisotopic (exact) mass is 191 g/mol. The summed E-state index contributed by atoms with van der Waals surface area (Å²) in [5.74, 6) is 0.385. The molecule has 1 aromatic rings. The van der Waals surface area contributed by atoms with Gasteiger partial charge in [0.1, 0.15) is 5.82 Å². The molecule has 0 aromatic carbocycles. The minimum Gasteiger partial charge on any atom is -0.321 e. The topological polar surface area (TPSA) is 68.0 Å². The summed E-state index contributed by atoms with van der Waals surface area (Å²) >= 11 is 0. The molecular weight excluding hydrogens is 178 g/mol. The zero-order chi connectivity index (χ0) is 10.6. The van der Waals surface area contributed by atoms with E-state index in [0.29, 0.717) is 5.82 Å². The van der Waals surface area contributed by atoms with Crippen LogP contribution in [0.4, 0.5) is 5.82 Å². The molecule has 3 N–H and O–H groups in total. The molecule has 1 atom stereocenters. The number of aromatic nitrogens is 1. The molecule has 0 spiro atoms. The Kier molecular flexibility index (Phi) is 3.36. The molecule has 74 valence electrons. The van der Waals surface area contributed by atoms with Gasteiger partial charge in [0, 0.05) is 19.2 Å². The highest BCUT2D eigenvalue weighted by atomic mass is 16.1. The molecule has 0 aliphatic rings. The first kappa shape index (κ1) is 10.4. The number of hydrogen-bond donors (Lipinski definition) is 2. The molecule has 0 saturated carbocycles. The Labute approximate surface area is 82.8 Å². The Hall–Kier alpha value is -1.68. The first-order valence-electron chi connectivity index (χ1n) is 4.25. The molecule has 0 aliphatic heterocycles. The van der Waals surface area contributed by atoms with Crippen LogP contribution in [0.3, 0.4) is 0 Å². The predicted octanol–water partition coefficient (Wildman–Crippen LogP) is 1.23. The Morgan fingerprint density at radius 3 is 2.86 bits per heavy atom. The summed E-state index contributed by atoms with van der Waals surface area (Å²) in [5, 5.41) is 2.57. The SMILES string of the molecule is C=C[C@H](N)c1ccc(NC(C)=O)nc1. The lowest BCUT2D eigenvalue weighted by Gasteiger charge is -2.06. The highest BCUT2D eigenvalue weighted by Gasteiger charge is 2.02. The number of carbonyl (C=O) groups is 1. The molecule has 1 heterocycles. The number of anilines is 1. The normalized spacial score (nSPS) is 11.9. The van der Waals surface area contributed by atoms with Crippen LogP contribution in [0.5, 0.6) is 0 Å². The van der Waals surface area contributed by atoms with Gasteiger partial charge in [-0.3, -0.25) is 4.79 Å². The highest BCUT2D eigenvalue weighted by Crippen LogP contribution is 2.11. The molecule has 1 amide bonds. The summed E-state index contributed by atoms with van der Waals surface area (Å²) < 4.78 is 0. The molecule has 0 aliphatic carbocycles. The number of hydrogen-bond acceptors (Lipinski definition) is 3. The Balaban J connectivity index is 2.78. The smallest absolute Gasteiger partial charge is 0.222 e. The maximum absolute atomic E-state index is 10.7. The number of rotatable bonds is 3. The Morgan fingerprint density at radius 1 is 1.71 bits per heavy atom. The average molecular weight is 191 g/mol. The van der Waals surface area contributed by atoms with Gasteiger partial charge in [-0.1, -0.05) is 12.1 Å². The van der Waals surface area contributed by atoms with Gasteiger partial charge in [0.2, 0.25) is 5.91 Å². The summed E-state index contributed by atoms with van der Waals surface area (Å²) in [5.41, 5.74) is 6.57. The van der Waals surface area contributed by atoms with Gasteiger partial charge in [-0.15, -0.1) is 6.58 Å². The fraction of sp³-hybridized carbons (Fsp3) is 0.200. The van der Waals surface area contributed by atoms with Gasteiger partial charge in [0.15, 0.2) is 0 Å². The van der Waals surface area contributed by atoms with E-state index in [-0.39, 0.29) is 11.9 Å². The standard InChI is InChI=1S/C10H13N3O/c1-3-9(11)8-4-5-10(12-6-8)13-7(2)14/h3-6,9H,1,11H2,2H3,(H,12,13,14)/t9-/m0/s1. The van der Waals surface area contributed by atoms with Crippen molar-refractivity contribution in [2.45, 2.75) is 13.0 Å². The third kappa shape index (κ3) is 2.67. The summed E-state index contributed by atoms with van der Waals surface area (Å²) in [6.07, 6.45) is 3.26. The predicted molar refractivity (Wildman–Crippen MR) is 55.7 cm³/mol. The van der Waals surface area contributed by atoms with Gasteiger partial charge >= 0.3 is 0 Å². The van der Waals surface area contributed by atoms with E-state index in [4.69, 9.17) is 5.73 Å². The van der Waals surface area contributed by atoms with Crippen molar-refractivity contribution in [2.24, 2.45) is 5.73 Å². The second-order valence-electron chi connectivity index (χ2n) is 2.92. The van der Waals surface area contributed by atoms with Crippen molar-refractivity contribution < 1.29 is 4.79 Å². The summed E-state index contributed by atoms with van der Waals surface area (Å²) in [4.78, 5) is 14.7. The molecule has 0 radical (unpaired) electrons. The zero-order valence-electron chi connectivity index (χ0n) is 8.03. The van der Waals surface area contributed by atoms with Crippen molar-refractivity contribution in [3.8, 4) is 0 Å². The van der Waals surface area contributed by atoms with Crippen LogP contribution in [0.25, 0.3) is 0 Å². The number of carbonyl (C=O) groups excluding carboxylic acids is 1. The minimum atomic E-state index is -0.214. The first-order chi connectivity index (χ1) is 6.63. The van der Waals surface area contributed by atoms with E-state index in [1.807, 2.05) is 6.07 Å². The highest BCUT2D eigenvalue weighted by molar-refractivity contribution is 5.87. The lowest BCUT2D eigenvalue weighted by atomic mass is 10.1. The second kappa shape index (κ2) is 4.53. The van der Waals surface area contributed by atoms with E-state index < -0.39 is 0 Å². The summed E-state index contributed by atoms with van der Waals surface area (Å²) in [6, 6.07) is 3.30. The van der Waals surface area contributed by atoms with Crippen LogP contribution in [-0.4, -0.2) is 10.9 Å². The summed E-state index contributed by atoms with van der Waals surface area (Å²) in [6.45, 7) is 5.02. The molecule has 4 heteroatoms. The van der Waals surface area contributed by atoms with Crippen LogP contribution in [0.2, 0.25) is 0 Å². The maximum Gasteiger partial charge on any atom is 0.222 e. The van der Waals surface area contributed by atoms with E-state index in [1.165, 1.54) is 6.92 Å². The van der Waals surface area contributed by atoms with Crippen LogP contribution in [-0.2, 0) is 4.79 Å². The van der Waals surface area contributed by atoms with E-state index >= 15 is 0 Å². The van der Waals surface area contributed by atoms with Crippen LogP contribution in [0, 0.1) is 0 Å². The number of nitrogens with zero attached hydrogens (tertiary/aromatic N) is 1. The van der Waals surface area contributed by atoms with Crippen LogP contribution in [0.1, 0.15) is 18.5 Å². The molecule has 4 nitrogen and oxygen atoms in total. The number of amides is 1. The lowest BCUT2D eigenvalue weighted by Crippen LogP contribution is -2.09. The third-order valence-corrected chi connectivity index (χ3v) is 1.73. The fourth-order valence-electron chi connectivity index (χ4n) is 0.993. The minimum absolute atomic E-state index is 0.140. The molecule has 1 rings (SSSR count). The molecule has 0 unspecified atom stereocenters. The van der Waals surface area contributed by atoms with Crippen LogP contribution >= 0.6 is 0 Å². The van der Waals surface area contributed by atoms with Crippen LogP contribution < -0.4 is 11.1 Å². The third-order valence-electron chi connectivity index (χ3n) is 1.73. The van der Waals surface area contributed by atoms with Gasteiger partial charge in [-0.25, -0.2) is 4.98 Å². The number of nitrogens with one attached hydrogen (secondary N) is 1. The average Bonchev–Trinajstić information content (AvgIpc) is 2.17. The lowest BCUT2D eigenvalue weighted by molar-refractivity contribution is -0.114. The second-order valence-corrected chi connectivity index (χ2v) is 2.92. The van der Waals surface area contributed by atoms with Crippen molar-refractivity contribution in [1.29, 1.82) is 0 Å². The molecule has 14 heavy (non-hydrogen) atoms. The Bertz CT molecular complexity index is 332. The number of pyridine rings is 1. The van der Waals surface area contributed by atoms with Gasteiger partial charge in [-0.05, 0) is 11.6 Å². The Morgan fingerprint density at radius 2 is 2.43 bits per heavy atom. The summed E-state index contributed by atoms with van der Waals surface area (Å²) in [7, 11) is 0. The first-order valence-corrected chi connectivity index (χ1v) is 4.25. The van der Waals surface area contributed by atoms with Crippen LogP contribution in [0.15, 0.2) is 31.0 Å². The largest absolute Gasteiger partial charge is 0.321 e. The van der Waals surface area contributed by atoms with Crippen molar-refractivity contribution in [3.63, 3.8) is 0 Å². The van der Waals surface area contributed by atoms with Crippen molar-refractivity contribution in [1.82, 2.24) is 4.98 Å². The quantitative estimate of drug-likeness (QED) is 0.706. The van der Waals surface area contributed by atoms with E-state index in [2.05, 4.69) is 16.9 Å². The van der Waals surface area contributed by atoms with E-state index in [0.717, 1.165) is 5.56 Å². The van der Waals surface area contributed by atoms with Crippen molar-refractivity contribution >= 4 is 11.7 Å². The van der Waals surface area contributed by atoms with Crippen molar-refractivity contribution in [3.05, 3.63) is 36.5 Å². The molecule has 0 bridgehead atoms. The van der Waals surface area contributed by atoms with E-state index in [1.54, 1.807) is 18.3 Å². The fourth-order valence-corrected chi connectivity index (χ4v) is 0.993. The van der Waals surface area contributed by atoms with Gasteiger partial charge in [0.25, 0.3) is 0 Å². The van der Waals surface area contributed by atoms with Gasteiger partial charge in [0.05, 0.1) is 0 Å². The van der Waals surface area contributed by atoms with E-state index in [9.17, 15) is 4.79 Å². The van der Waals surface area contributed by atoms with Gasteiger partial charge < -0.3 is 11.1 Å². The molecular formula is C10H13N3O. The van der Waals surface area contributed by atoms with Crippen molar-refractivity contribution in [2.75, 3.05) is 5.32 Å². The maximum atomic E-state index is 10.7. The molecule has 1 aromatic heterocycles. The molecule has 0 fully saturated rings. The zero-order valence-corrected chi connectivity index (χ0v) is 8.03.